The number of allylic oxidation sites excluding steroid dienone is 2. The number of benzene rings is 3. The van der Waals surface area contributed by atoms with E-state index in [9.17, 15) is 32.7 Å². The van der Waals surface area contributed by atoms with Crippen molar-refractivity contribution in [1.29, 1.82) is 0 Å². The average molecular weight is 750 g/mol. The second kappa shape index (κ2) is 12.0. The molecule has 3 aliphatic rings. The Hall–Kier alpha value is -5.60. The van der Waals surface area contributed by atoms with Crippen molar-refractivity contribution in [3.63, 3.8) is 0 Å². The lowest BCUT2D eigenvalue weighted by Crippen LogP contribution is -2.53. The van der Waals surface area contributed by atoms with Gasteiger partial charge in [-0.2, -0.15) is 18.2 Å². The van der Waals surface area contributed by atoms with E-state index in [4.69, 9.17) is 23.2 Å². The Balaban J connectivity index is 1.34. The zero-order chi connectivity index (χ0) is 36.7. The highest BCUT2D eigenvalue weighted by molar-refractivity contribution is 6.33. The summed E-state index contributed by atoms with van der Waals surface area (Å²) in [4.78, 5) is 61.5. The number of rotatable bonds is 5. The molecule has 1 saturated carbocycles. The van der Waals surface area contributed by atoms with Gasteiger partial charge in [0.05, 0.1) is 40.2 Å². The number of aromatic nitrogens is 4. The molecule has 2 fully saturated rings. The number of aromatic hydroxyl groups is 1. The largest absolute Gasteiger partial charge is 0.508 e. The second-order valence-corrected chi connectivity index (χ2v) is 13.6. The Morgan fingerprint density at radius 3 is 2.25 bits per heavy atom. The third kappa shape index (κ3) is 4.92. The lowest BCUT2D eigenvalue weighted by molar-refractivity contribution is -0.139. The topological polar surface area (TPSA) is 131 Å². The van der Waals surface area contributed by atoms with Crippen molar-refractivity contribution in [3.05, 3.63) is 150 Å². The summed E-state index contributed by atoms with van der Waals surface area (Å²) in [7, 11) is 0. The van der Waals surface area contributed by atoms with E-state index in [1.165, 1.54) is 21.5 Å². The van der Waals surface area contributed by atoms with Crippen molar-refractivity contribution in [2.45, 2.75) is 36.5 Å². The minimum Gasteiger partial charge on any atom is -0.508 e. The van der Waals surface area contributed by atoms with Gasteiger partial charge in [-0.1, -0.05) is 71.7 Å². The van der Waals surface area contributed by atoms with Gasteiger partial charge in [-0.3, -0.25) is 15.0 Å². The SMILES string of the molecule is O=C1C2CC3C(=CCn4c(=O)n(-c5ccccc5)c(=O)n43)C(c3ccc(O)cc3)C2(c2ccc(Cl)cc2)C(=O)N1Nc1ncc(C(F)(F)F)cc1Cl. The summed E-state index contributed by atoms with van der Waals surface area (Å²) >= 11 is 12.5. The van der Waals surface area contributed by atoms with Gasteiger partial charge in [-0.05, 0) is 65.6 Å². The molecule has 4 atom stereocenters. The first-order valence-corrected chi connectivity index (χ1v) is 16.7. The van der Waals surface area contributed by atoms with Gasteiger partial charge in [0, 0.05) is 17.1 Å². The van der Waals surface area contributed by atoms with Crippen LogP contribution in [0.4, 0.5) is 19.0 Å². The Kier molecular flexibility index (Phi) is 7.73. The van der Waals surface area contributed by atoms with E-state index in [-0.39, 0.29) is 24.5 Å². The van der Waals surface area contributed by atoms with Gasteiger partial charge in [-0.15, -0.1) is 0 Å². The number of hydrazine groups is 1. The fourth-order valence-corrected chi connectivity index (χ4v) is 8.22. The Morgan fingerprint density at radius 2 is 1.60 bits per heavy atom. The molecule has 2 N–H and O–H groups in total. The van der Waals surface area contributed by atoms with Crippen LogP contribution >= 0.6 is 23.2 Å². The number of anilines is 1. The van der Waals surface area contributed by atoms with Crippen molar-refractivity contribution < 1.29 is 27.9 Å². The first-order chi connectivity index (χ1) is 24.8. The molecule has 2 amide bonds. The number of carbonyl (C=O) groups is 2. The molecule has 2 aromatic heterocycles. The Bertz CT molecular complexity index is 2430. The molecule has 1 aliphatic carbocycles. The van der Waals surface area contributed by atoms with Gasteiger partial charge in [0.2, 0.25) is 0 Å². The highest BCUT2D eigenvalue weighted by Gasteiger charge is 2.69. The summed E-state index contributed by atoms with van der Waals surface area (Å²) in [5.74, 6) is -4.14. The van der Waals surface area contributed by atoms with Gasteiger partial charge < -0.3 is 5.11 Å². The summed E-state index contributed by atoms with van der Waals surface area (Å²) < 4.78 is 43.9. The lowest BCUT2D eigenvalue weighted by atomic mass is 9.53. The smallest absolute Gasteiger partial charge is 0.417 e. The van der Waals surface area contributed by atoms with Crippen LogP contribution in [0.3, 0.4) is 0 Å². The highest BCUT2D eigenvalue weighted by atomic mass is 35.5. The van der Waals surface area contributed by atoms with Crippen molar-refractivity contribution in [1.82, 2.24) is 23.9 Å². The third-order valence-corrected chi connectivity index (χ3v) is 10.6. The second-order valence-electron chi connectivity index (χ2n) is 12.7. The van der Waals surface area contributed by atoms with E-state index in [1.807, 2.05) is 0 Å². The van der Waals surface area contributed by atoms with Crippen molar-refractivity contribution in [2.24, 2.45) is 5.92 Å². The molecule has 16 heteroatoms. The molecule has 11 nitrogen and oxygen atoms in total. The van der Waals surface area contributed by atoms with E-state index >= 15 is 4.79 Å². The number of phenolic OH excluding ortho intramolecular Hbond substituents is 1. The van der Waals surface area contributed by atoms with Crippen LogP contribution < -0.4 is 16.8 Å². The molecule has 3 aromatic carbocycles. The quantitative estimate of drug-likeness (QED) is 0.171. The van der Waals surface area contributed by atoms with Gasteiger partial charge in [0.25, 0.3) is 11.8 Å². The number of nitrogens with one attached hydrogen (secondary N) is 1. The van der Waals surface area contributed by atoms with Crippen molar-refractivity contribution in [3.8, 4) is 11.4 Å². The number of amides is 2. The number of alkyl halides is 3. The molecule has 4 unspecified atom stereocenters. The maximum Gasteiger partial charge on any atom is 0.417 e. The van der Waals surface area contributed by atoms with Crippen molar-refractivity contribution >= 4 is 40.8 Å². The summed E-state index contributed by atoms with van der Waals surface area (Å²) in [5, 5.41) is 10.8. The minimum absolute atomic E-state index is 0.0368. The average Bonchev–Trinajstić information content (AvgIpc) is 3.50. The summed E-state index contributed by atoms with van der Waals surface area (Å²) in [6.07, 6.45) is -2.57. The minimum atomic E-state index is -4.75. The van der Waals surface area contributed by atoms with Gasteiger partial charge in [0.1, 0.15) is 5.75 Å². The van der Waals surface area contributed by atoms with E-state index in [0.29, 0.717) is 44.7 Å². The number of carbonyl (C=O) groups excluding carboxylic acids is 2. The standard InChI is InChI=1S/C36H25Cl2F3N6O5/c37-22-10-8-20(9-11-22)35-26(31(49)46(32(35)50)43-30-27(38)16-21(18-42-30)36(39,40)41)17-28-25(29(35)19-6-12-24(48)13-7-19)14-15-44-33(51)45(34(52)47(28)44)23-4-2-1-3-5-23/h1-14,16,18,26,28-29,48H,15,17H2,(H,42,43). The van der Waals surface area contributed by atoms with Crippen LogP contribution in [-0.4, -0.2) is 40.8 Å². The number of hydrogen-bond acceptors (Lipinski definition) is 7. The van der Waals surface area contributed by atoms with E-state index in [0.717, 1.165) is 4.57 Å². The van der Waals surface area contributed by atoms with Gasteiger partial charge in [0.15, 0.2) is 5.82 Å². The van der Waals surface area contributed by atoms with Gasteiger partial charge in [-0.25, -0.2) is 28.5 Å². The maximum absolute atomic E-state index is 15.1. The summed E-state index contributed by atoms with van der Waals surface area (Å²) in [5.41, 5.74) is 0.307. The number of fused-ring (bicyclic) bond motifs is 4. The predicted molar refractivity (Wildman–Crippen MR) is 183 cm³/mol. The van der Waals surface area contributed by atoms with Crippen LogP contribution in [0.15, 0.2) is 112 Å². The first kappa shape index (κ1) is 33.5. The van der Waals surface area contributed by atoms with Crippen molar-refractivity contribution in [2.75, 3.05) is 5.43 Å². The van der Waals surface area contributed by atoms with Crippen LogP contribution in [-0.2, 0) is 27.7 Å². The van der Waals surface area contributed by atoms with Crippen LogP contribution in [0.2, 0.25) is 10.0 Å². The molecule has 8 rings (SSSR count). The molecule has 4 heterocycles. The number of imide groups is 1. The van der Waals surface area contributed by atoms with Crippen LogP contribution in [0, 0.1) is 5.92 Å². The van der Waals surface area contributed by atoms with E-state index in [2.05, 4.69) is 10.4 Å². The molecule has 0 spiro atoms. The molecule has 1 saturated heterocycles. The molecule has 2 aliphatic heterocycles. The summed E-state index contributed by atoms with van der Waals surface area (Å²) in [6.45, 7) is -0.0368. The monoisotopic (exact) mass is 748 g/mol. The molecule has 264 valence electrons. The fourth-order valence-electron chi connectivity index (χ4n) is 7.88. The van der Waals surface area contributed by atoms with E-state index < -0.39 is 63.2 Å². The number of nitrogens with zero attached hydrogens (tertiary/aromatic N) is 5. The number of pyridine rings is 1. The molecule has 0 radical (unpaired) electrons. The predicted octanol–water partition coefficient (Wildman–Crippen LogP) is 5.85. The normalized spacial score (nSPS) is 22.4. The first-order valence-electron chi connectivity index (χ1n) is 15.9. The van der Waals surface area contributed by atoms with Crippen LogP contribution in [0.5, 0.6) is 5.75 Å². The van der Waals surface area contributed by atoms with E-state index in [1.54, 1.807) is 72.8 Å². The Labute approximate surface area is 301 Å². The number of hydrogen-bond donors (Lipinski definition) is 2. The number of para-hydroxylation sites is 1. The summed E-state index contributed by atoms with van der Waals surface area (Å²) in [6, 6.07) is 20.6. The third-order valence-electron chi connectivity index (χ3n) is 10.1. The molecule has 52 heavy (non-hydrogen) atoms. The van der Waals surface area contributed by atoms with Gasteiger partial charge >= 0.3 is 17.6 Å². The zero-order valence-electron chi connectivity index (χ0n) is 26.6. The Morgan fingerprint density at radius 1 is 0.904 bits per heavy atom. The highest BCUT2D eigenvalue weighted by Crippen LogP contribution is 2.62. The van der Waals surface area contributed by atoms with Crippen LogP contribution in [0.25, 0.3) is 5.69 Å². The lowest BCUT2D eigenvalue weighted by Gasteiger charge is -2.49. The molecular weight excluding hydrogens is 724 g/mol. The molecular formula is C36H25Cl2F3N6O5. The van der Waals surface area contributed by atoms with Crippen LogP contribution in [0.1, 0.15) is 35.1 Å². The maximum atomic E-state index is 15.1. The molecule has 0 bridgehead atoms. The molecule has 5 aromatic rings. The number of phenols is 1. The zero-order valence-corrected chi connectivity index (χ0v) is 28.1. The number of halogens is 5. The fraction of sp³-hybridized carbons (Fsp3) is 0.194.